The molecule has 7 nitrogen and oxygen atoms in total. The molecule has 152 valence electrons. The largest absolute Gasteiger partial charge is 0.496 e. The maximum absolute atomic E-state index is 13.0. The highest BCUT2D eigenvalue weighted by molar-refractivity contribution is 6.00. The van der Waals surface area contributed by atoms with Gasteiger partial charge in [0.2, 0.25) is 11.8 Å². The number of benzene rings is 2. The Hall–Kier alpha value is -3.22. The molecule has 2 aliphatic rings. The Morgan fingerprint density at radius 2 is 1.93 bits per heavy atom. The summed E-state index contributed by atoms with van der Waals surface area (Å²) in [5.41, 5.74) is 1.65. The molecule has 4 rings (SSSR count). The maximum atomic E-state index is 13.0. The monoisotopic (exact) mass is 396 g/mol. The Kier molecular flexibility index (Phi) is 5.29. The standard InChI is InChI=1S/C22H24N2O5/c1-23(13-15-5-3-4-6-18(15)27-2)22(26)16-11-21(25)24(14-16)17-7-8-19-20(12-17)29-10-9-28-19/h3-8,12,16H,9-11,13-14H2,1-2H3/t16-/m1/s1. The van der Waals surface area contributed by atoms with Gasteiger partial charge in [0.15, 0.2) is 11.5 Å². The minimum absolute atomic E-state index is 0.0516. The number of para-hydroxylation sites is 1. The first-order valence-corrected chi connectivity index (χ1v) is 9.63. The topological polar surface area (TPSA) is 68.3 Å². The third-order valence-corrected chi connectivity index (χ3v) is 5.29. The molecule has 0 bridgehead atoms. The van der Waals surface area contributed by atoms with Gasteiger partial charge in [-0.25, -0.2) is 0 Å². The fourth-order valence-corrected chi connectivity index (χ4v) is 3.80. The molecule has 1 saturated heterocycles. The lowest BCUT2D eigenvalue weighted by Gasteiger charge is -2.23. The molecule has 2 aliphatic heterocycles. The molecule has 1 fully saturated rings. The number of hydrogen-bond acceptors (Lipinski definition) is 5. The van der Waals surface area contributed by atoms with Gasteiger partial charge in [-0.3, -0.25) is 9.59 Å². The second kappa shape index (κ2) is 8.03. The van der Waals surface area contributed by atoms with E-state index in [0.29, 0.717) is 37.8 Å². The van der Waals surface area contributed by atoms with E-state index in [1.54, 1.807) is 36.1 Å². The van der Waals surface area contributed by atoms with Crippen molar-refractivity contribution in [3.63, 3.8) is 0 Å². The van der Waals surface area contributed by atoms with E-state index >= 15 is 0 Å². The van der Waals surface area contributed by atoms with Crippen LogP contribution >= 0.6 is 0 Å². The van der Waals surface area contributed by atoms with Crippen molar-refractivity contribution < 1.29 is 23.8 Å². The van der Waals surface area contributed by atoms with E-state index < -0.39 is 0 Å². The van der Waals surface area contributed by atoms with Crippen LogP contribution in [0.3, 0.4) is 0 Å². The van der Waals surface area contributed by atoms with Crippen LogP contribution in [0.2, 0.25) is 0 Å². The Labute approximate surface area is 169 Å². The zero-order chi connectivity index (χ0) is 20.4. The number of carbonyl (C=O) groups is 2. The zero-order valence-corrected chi connectivity index (χ0v) is 16.6. The minimum atomic E-state index is -0.379. The summed E-state index contributed by atoms with van der Waals surface area (Å²) in [5, 5.41) is 0. The molecule has 0 saturated carbocycles. The average Bonchev–Trinajstić information content (AvgIpc) is 3.14. The number of fused-ring (bicyclic) bond motifs is 1. The molecule has 0 radical (unpaired) electrons. The van der Waals surface area contributed by atoms with Crippen LogP contribution in [0.5, 0.6) is 17.2 Å². The lowest BCUT2D eigenvalue weighted by Crippen LogP contribution is -2.34. The number of nitrogens with zero attached hydrogens (tertiary/aromatic N) is 2. The molecule has 7 heteroatoms. The van der Waals surface area contributed by atoms with E-state index in [0.717, 1.165) is 17.0 Å². The molecule has 0 N–H and O–H groups in total. The summed E-state index contributed by atoms with van der Waals surface area (Å²) in [4.78, 5) is 28.9. The molecule has 1 atom stereocenters. The van der Waals surface area contributed by atoms with E-state index in [2.05, 4.69) is 0 Å². The smallest absolute Gasteiger partial charge is 0.228 e. The molecular formula is C22H24N2O5. The van der Waals surface area contributed by atoms with E-state index in [1.165, 1.54) is 0 Å². The van der Waals surface area contributed by atoms with E-state index in [9.17, 15) is 9.59 Å². The van der Waals surface area contributed by atoms with Crippen molar-refractivity contribution in [2.75, 3.05) is 38.8 Å². The maximum Gasteiger partial charge on any atom is 0.228 e. The number of rotatable bonds is 5. The van der Waals surface area contributed by atoms with Crippen molar-refractivity contribution >= 4 is 17.5 Å². The second-order valence-electron chi connectivity index (χ2n) is 7.24. The molecule has 0 aromatic heterocycles. The van der Waals surface area contributed by atoms with Crippen LogP contribution in [-0.2, 0) is 16.1 Å². The summed E-state index contributed by atoms with van der Waals surface area (Å²) in [6, 6.07) is 13.1. The first-order chi connectivity index (χ1) is 14.1. The highest BCUT2D eigenvalue weighted by Crippen LogP contribution is 2.36. The van der Waals surface area contributed by atoms with Gasteiger partial charge in [-0.15, -0.1) is 0 Å². The molecule has 2 aromatic rings. The van der Waals surface area contributed by atoms with Crippen molar-refractivity contribution in [3.05, 3.63) is 48.0 Å². The first-order valence-electron chi connectivity index (χ1n) is 9.63. The van der Waals surface area contributed by atoms with Gasteiger partial charge >= 0.3 is 0 Å². The van der Waals surface area contributed by atoms with Crippen LogP contribution in [0.15, 0.2) is 42.5 Å². The fraction of sp³-hybridized carbons (Fsp3) is 0.364. The highest BCUT2D eigenvalue weighted by atomic mass is 16.6. The lowest BCUT2D eigenvalue weighted by atomic mass is 10.1. The number of carbonyl (C=O) groups excluding carboxylic acids is 2. The van der Waals surface area contributed by atoms with E-state index in [4.69, 9.17) is 14.2 Å². The molecule has 2 aromatic carbocycles. The van der Waals surface area contributed by atoms with Crippen LogP contribution in [-0.4, -0.2) is 50.6 Å². The molecule has 2 amide bonds. The van der Waals surface area contributed by atoms with Crippen molar-refractivity contribution in [2.24, 2.45) is 5.92 Å². The van der Waals surface area contributed by atoms with E-state index in [-0.39, 0.29) is 24.2 Å². The Morgan fingerprint density at radius 3 is 2.72 bits per heavy atom. The van der Waals surface area contributed by atoms with Crippen molar-refractivity contribution in [2.45, 2.75) is 13.0 Å². The molecule has 0 aliphatic carbocycles. The van der Waals surface area contributed by atoms with Crippen molar-refractivity contribution in [1.82, 2.24) is 4.90 Å². The number of amides is 2. The predicted octanol–water partition coefficient (Wildman–Crippen LogP) is 2.48. The SMILES string of the molecule is COc1ccccc1CN(C)C(=O)[C@@H]1CC(=O)N(c2ccc3c(c2)OCCO3)C1. The molecule has 29 heavy (non-hydrogen) atoms. The summed E-state index contributed by atoms with van der Waals surface area (Å²) in [7, 11) is 3.37. The van der Waals surface area contributed by atoms with Crippen LogP contribution in [0.25, 0.3) is 0 Å². The summed E-state index contributed by atoms with van der Waals surface area (Å²) in [5.74, 6) is 1.55. The molecule has 0 spiro atoms. The Bertz CT molecular complexity index is 929. The van der Waals surface area contributed by atoms with Crippen LogP contribution in [0.1, 0.15) is 12.0 Å². The Morgan fingerprint density at radius 1 is 1.17 bits per heavy atom. The lowest BCUT2D eigenvalue weighted by molar-refractivity contribution is -0.135. The van der Waals surface area contributed by atoms with Crippen LogP contribution < -0.4 is 19.1 Å². The second-order valence-corrected chi connectivity index (χ2v) is 7.24. The van der Waals surface area contributed by atoms with Crippen molar-refractivity contribution in [3.8, 4) is 17.2 Å². The average molecular weight is 396 g/mol. The van der Waals surface area contributed by atoms with Crippen LogP contribution in [0, 0.1) is 5.92 Å². The first kappa shape index (κ1) is 19.1. The van der Waals surface area contributed by atoms with Gasteiger partial charge in [0, 0.05) is 43.9 Å². The summed E-state index contributed by atoms with van der Waals surface area (Å²) >= 11 is 0. The van der Waals surface area contributed by atoms with Gasteiger partial charge in [0.05, 0.1) is 13.0 Å². The zero-order valence-electron chi connectivity index (χ0n) is 16.6. The molecular weight excluding hydrogens is 372 g/mol. The van der Waals surface area contributed by atoms with Gasteiger partial charge in [0.1, 0.15) is 19.0 Å². The number of methoxy groups -OCH3 is 1. The normalized spacial score (nSPS) is 17.9. The summed E-state index contributed by atoms with van der Waals surface area (Å²) < 4.78 is 16.5. The quantitative estimate of drug-likeness (QED) is 0.777. The summed E-state index contributed by atoms with van der Waals surface area (Å²) in [6.45, 7) is 1.79. The number of hydrogen-bond donors (Lipinski definition) is 0. The number of ether oxygens (including phenoxy) is 3. The van der Waals surface area contributed by atoms with Crippen molar-refractivity contribution in [1.29, 1.82) is 0 Å². The Balaban J connectivity index is 1.45. The van der Waals surface area contributed by atoms with Gasteiger partial charge in [0.25, 0.3) is 0 Å². The third kappa shape index (κ3) is 3.85. The van der Waals surface area contributed by atoms with E-state index in [1.807, 2.05) is 30.3 Å². The van der Waals surface area contributed by atoms with Gasteiger partial charge in [-0.05, 0) is 18.2 Å². The molecule has 0 unspecified atom stereocenters. The van der Waals surface area contributed by atoms with Gasteiger partial charge < -0.3 is 24.0 Å². The summed E-state index contributed by atoms with van der Waals surface area (Å²) in [6.07, 6.45) is 0.198. The van der Waals surface area contributed by atoms with Gasteiger partial charge in [-0.2, -0.15) is 0 Å². The number of anilines is 1. The van der Waals surface area contributed by atoms with Gasteiger partial charge in [-0.1, -0.05) is 18.2 Å². The highest BCUT2D eigenvalue weighted by Gasteiger charge is 2.37. The fourth-order valence-electron chi connectivity index (χ4n) is 3.80. The minimum Gasteiger partial charge on any atom is -0.496 e. The molecule has 2 heterocycles. The predicted molar refractivity (Wildman–Crippen MR) is 107 cm³/mol. The third-order valence-electron chi connectivity index (χ3n) is 5.29. The van der Waals surface area contributed by atoms with Crippen LogP contribution in [0.4, 0.5) is 5.69 Å².